The lowest BCUT2D eigenvalue weighted by atomic mass is 10.1. The quantitative estimate of drug-likeness (QED) is 0.880. The van der Waals surface area contributed by atoms with E-state index < -0.39 is 5.97 Å². The molecule has 118 valence electrons. The third-order valence-corrected chi connectivity index (χ3v) is 4.58. The van der Waals surface area contributed by atoms with Crippen molar-refractivity contribution >= 4 is 22.4 Å². The molecule has 0 saturated heterocycles. The van der Waals surface area contributed by atoms with Gasteiger partial charge in [0.15, 0.2) is 5.13 Å². The van der Waals surface area contributed by atoms with E-state index in [1.165, 1.54) is 17.4 Å². The van der Waals surface area contributed by atoms with Crippen LogP contribution in [0.5, 0.6) is 0 Å². The fraction of sp³-hybridized carbons (Fsp3) is 0.375. The molecule has 0 aliphatic carbocycles. The number of anilines is 1. The van der Waals surface area contributed by atoms with Gasteiger partial charge in [-0.3, -0.25) is 4.79 Å². The average molecular weight is 322 g/mol. The van der Waals surface area contributed by atoms with Crippen LogP contribution in [-0.4, -0.2) is 29.1 Å². The number of nitrogens with zero attached hydrogens (tertiary/aromatic N) is 2. The first-order chi connectivity index (χ1) is 10.5. The van der Waals surface area contributed by atoms with Crippen molar-refractivity contribution in [2.24, 2.45) is 0 Å². The third kappa shape index (κ3) is 3.44. The van der Waals surface area contributed by atoms with Crippen LogP contribution in [0.4, 0.5) is 9.52 Å². The predicted octanol–water partition coefficient (Wildman–Crippen LogP) is 3.73. The van der Waals surface area contributed by atoms with Crippen LogP contribution in [0.1, 0.15) is 24.3 Å². The molecule has 1 aromatic heterocycles. The lowest BCUT2D eigenvalue weighted by Crippen LogP contribution is -2.21. The minimum absolute atomic E-state index is 0.0787. The second-order valence-electron chi connectivity index (χ2n) is 4.97. The highest BCUT2D eigenvalue weighted by atomic mass is 32.1. The first kappa shape index (κ1) is 16.4. The summed E-state index contributed by atoms with van der Waals surface area (Å²) in [4.78, 5) is 18.5. The molecule has 0 fully saturated rings. The molecule has 0 amide bonds. The molecule has 6 heteroatoms. The molecule has 2 aromatic rings. The Hall–Kier alpha value is -1.95. The Morgan fingerprint density at radius 3 is 2.59 bits per heavy atom. The summed E-state index contributed by atoms with van der Waals surface area (Å²) in [6, 6.07) is 4.75. The monoisotopic (exact) mass is 322 g/mol. The van der Waals surface area contributed by atoms with E-state index in [1.807, 2.05) is 13.8 Å². The molecule has 4 nitrogen and oxygen atoms in total. The number of rotatable bonds is 6. The molecular formula is C16H19FN2O2S. The van der Waals surface area contributed by atoms with Crippen molar-refractivity contribution in [1.29, 1.82) is 0 Å². The number of hydrogen-bond donors (Lipinski definition) is 1. The Morgan fingerprint density at radius 2 is 2.05 bits per heavy atom. The second kappa shape index (κ2) is 6.87. The predicted molar refractivity (Wildman–Crippen MR) is 87.1 cm³/mol. The molecule has 0 bridgehead atoms. The summed E-state index contributed by atoms with van der Waals surface area (Å²) in [6.07, 6.45) is -0.0787. The van der Waals surface area contributed by atoms with Crippen molar-refractivity contribution in [2.75, 3.05) is 18.0 Å². The second-order valence-corrected chi connectivity index (χ2v) is 6.04. The van der Waals surface area contributed by atoms with Gasteiger partial charge in [-0.15, -0.1) is 11.3 Å². The average Bonchev–Trinajstić information content (AvgIpc) is 2.86. The molecule has 0 atom stereocenters. The fourth-order valence-corrected chi connectivity index (χ4v) is 3.44. The van der Waals surface area contributed by atoms with E-state index in [0.717, 1.165) is 23.8 Å². The van der Waals surface area contributed by atoms with E-state index in [2.05, 4.69) is 9.88 Å². The van der Waals surface area contributed by atoms with Gasteiger partial charge < -0.3 is 10.0 Å². The number of aliphatic carboxylic acids is 1. The Morgan fingerprint density at radius 1 is 1.36 bits per heavy atom. The van der Waals surface area contributed by atoms with E-state index in [1.54, 1.807) is 19.1 Å². The van der Waals surface area contributed by atoms with Gasteiger partial charge in [-0.1, -0.05) is 0 Å². The van der Waals surface area contributed by atoms with Gasteiger partial charge >= 0.3 is 5.97 Å². The van der Waals surface area contributed by atoms with E-state index >= 15 is 0 Å². The topological polar surface area (TPSA) is 53.4 Å². The van der Waals surface area contributed by atoms with Crippen molar-refractivity contribution < 1.29 is 14.3 Å². The third-order valence-electron chi connectivity index (χ3n) is 3.46. The van der Waals surface area contributed by atoms with Crippen LogP contribution < -0.4 is 4.90 Å². The Kier molecular flexibility index (Phi) is 5.13. The zero-order valence-electron chi connectivity index (χ0n) is 12.9. The normalized spacial score (nSPS) is 10.7. The molecule has 0 unspecified atom stereocenters. The summed E-state index contributed by atoms with van der Waals surface area (Å²) < 4.78 is 13.4. The molecule has 0 saturated carbocycles. The molecule has 0 radical (unpaired) electrons. The number of aromatic nitrogens is 1. The first-order valence-corrected chi connectivity index (χ1v) is 8.00. The van der Waals surface area contributed by atoms with Crippen LogP contribution in [0.15, 0.2) is 18.2 Å². The standard InChI is InChI=1S/C16H19FN2O2S/c1-4-19(5-2)16-18-15(13(22-16)9-14(20)21)11-6-7-12(17)10(3)8-11/h6-8H,4-5,9H2,1-3H3,(H,20,21). The van der Waals surface area contributed by atoms with Gasteiger partial charge in [-0.05, 0) is 44.5 Å². The van der Waals surface area contributed by atoms with Gasteiger partial charge in [-0.25, -0.2) is 9.37 Å². The highest BCUT2D eigenvalue weighted by Crippen LogP contribution is 2.34. The highest BCUT2D eigenvalue weighted by molar-refractivity contribution is 7.16. The van der Waals surface area contributed by atoms with Crippen LogP contribution in [-0.2, 0) is 11.2 Å². The van der Waals surface area contributed by atoms with Crippen LogP contribution in [0.2, 0.25) is 0 Å². The summed E-state index contributed by atoms with van der Waals surface area (Å²) >= 11 is 1.39. The maximum atomic E-state index is 13.4. The lowest BCUT2D eigenvalue weighted by Gasteiger charge is -2.16. The van der Waals surface area contributed by atoms with Crippen LogP contribution in [0.3, 0.4) is 0 Å². The van der Waals surface area contributed by atoms with Gasteiger partial charge in [0.2, 0.25) is 0 Å². The Balaban J connectivity index is 2.51. The van der Waals surface area contributed by atoms with Crippen molar-refractivity contribution in [3.8, 4) is 11.3 Å². The van der Waals surface area contributed by atoms with Crippen molar-refractivity contribution in [3.05, 3.63) is 34.5 Å². The van der Waals surface area contributed by atoms with E-state index in [9.17, 15) is 9.18 Å². The molecule has 1 heterocycles. The lowest BCUT2D eigenvalue weighted by molar-refractivity contribution is -0.136. The number of thiazole rings is 1. The number of benzene rings is 1. The summed E-state index contributed by atoms with van der Waals surface area (Å²) in [5.41, 5.74) is 1.92. The van der Waals surface area contributed by atoms with Gasteiger partial charge in [0.25, 0.3) is 0 Å². The number of carboxylic acids is 1. The molecule has 2 rings (SSSR count). The summed E-state index contributed by atoms with van der Waals surface area (Å²) in [6.45, 7) is 7.36. The molecular weight excluding hydrogens is 303 g/mol. The molecule has 1 N–H and O–H groups in total. The van der Waals surface area contributed by atoms with Gasteiger partial charge in [0.05, 0.1) is 12.1 Å². The Bertz CT molecular complexity index is 681. The van der Waals surface area contributed by atoms with Crippen LogP contribution in [0, 0.1) is 12.7 Å². The van der Waals surface area contributed by atoms with Crippen molar-refractivity contribution in [3.63, 3.8) is 0 Å². The largest absolute Gasteiger partial charge is 0.481 e. The maximum Gasteiger partial charge on any atom is 0.308 e. The van der Waals surface area contributed by atoms with Crippen molar-refractivity contribution in [1.82, 2.24) is 4.98 Å². The van der Waals surface area contributed by atoms with Crippen LogP contribution in [0.25, 0.3) is 11.3 Å². The zero-order chi connectivity index (χ0) is 16.3. The Labute approximate surface area is 133 Å². The molecule has 0 spiro atoms. The van der Waals surface area contributed by atoms with E-state index in [4.69, 9.17) is 5.11 Å². The summed E-state index contributed by atoms with van der Waals surface area (Å²) in [5.74, 6) is -1.17. The minimum atomic E-state index is -0.894. The molecule has 1 aromatic carbocycles. The van der Waals surface area contributed by atoms with E-state index in [0.29, 0.717) is 16.1 Å². The first-order valence-electron chi connectivity index (χ1n) is 7.19. The van der Waals surface area contributed by atoms with Crippen LogP contribution >= 0.6 is 11.3 Å². The highest BCUT2D eigenvalue weighted by Gasteiger charge is 2.18. The van der Waals surface area contributed by atoms with E-state index in [-0.39, 0.29) is 12.2 Å². The SMILES string of the molecule is CCN(CC)c1nc(-c2ccc(F)c(C)c2)c(CC(=O)O)s1. The maximum absolute atomic E-state index is 13.4. The smallest absolute Gasteiger partial charge is 0.308 e. The summed E-state index contributed by atoms with van der Waals surface area (Å²) in [7, 11) is 0. The van der Waals surface area contributed by atoms with Gasteiger partial charge in [-0.2, -0.15) is 0 Å². The minimum Gasteiger partial charge on any atom is -0.481 e. The number of carboxylic acid groups (broad SMARTS) is 1. The fourth-order valence-electron chi connectivity index (χ4n) is 2.24. The zero-order valence-corrected chi connectivity index (χ0v) is 13.7. The van der Waals surface area contributed by atoms with Gasteiger partial charge in [0.1, 0.15) is 5.82 Å². The number of aryl methyl sites for hydroxylation is 1. The van der Waals surface area contributed by atoms with Gasteiger partial charge in [0, 0.05) is 23.5 Å². The number of halogens is 1. The number of hydrogen-bond acceptors (Lipinski definition) is 4. The van der Waals surface area contributed by atoms with Crippen molar-refractivity contribution in [2.45, 2.75) is 27.2 Å². The molecule has 0 aliphatic rings. The molecule has 0 aliphatic heterocycles. The summed E-state index contributed by atoms with van der Waals surface area (Å²) in [5, 5.41) is 9.91. The molecule has 22 heavy (non-hydrogen) atoms. The number of carbonyl (C=O) groups is 1.